The first-order valence-electron chi connectivity index (χ1n) is 13.0. The summed E-state index contributed by atoms with van der Waals surface area (Å²) < 4.78 is 14.0. The van der Waals surface area contributed by atoms with Crippen LogP contribution in [0.3, 0.4) is 0 Å². The molecule has 2 nitrogen and oxygen atoms in total. The van der Waals surface area contributed by atoms with Gasteiger partial charge in [-0.3, -0.25) is 0 Å². The highest BCUT2D eigenvalue weighted by Crippen LogP contribution is 2.56. The fraction of sp³-hybridized carbons (Fsp3) is 0.586. The number of unbranched alkanes of at least 4 members (excludes halogenated alkanes) is 1. The highest BCUT2D eigenvalue weighted by Gasteiger charge is 2.50. The van der Waals surface area contributed by atoms with Crippen molar-refractivity contribution in [2.75, 3.05) is 5.32 Å². The van der Waals surface area contributed by atoms with Gasteiger partial charge in [-0.25, -0.2) is 4.39 Å². The van der Waals surface area contributed by atoms with Crippen LogP contribution in [0.4, 0.5) is 10.1 Å². The number of halogens is 1. The Morgan fingerprint density at radius 3 is 2.31 bits per heavy atom. The summed E-state index contributed by atoms with van der Waals surface area (Å²) >= 11 is 0. The predicted molar refractivity (Wildman–Crippen MR) is 129 cm³/mol. The zero-order valence-electron chi connectivity index (χ0n) is 19.4. The smallest absolute Gasteiger partial charge is 0.123 e. The molecule has 0 radical (unpaired) electrons. The molecule has 1 heterocycles. The SMILES string of the molecule is CCCC[C@H]1Cc2cc(F)ccc2[C@H](c2ccc(NC34CC5CC(CC(C5)C3)C4)cc2)N1. The Bertz CT molecular complexity index is 930. The average Bonchev–Trinajstić information content (AvgIpc) is 2.76. The van der Waals surface area contributed by atoms with E-state index >= 15 is 0 Å². The quantitative estimate of drug-likeness (QED) is 0.513. The first kappa shape index (κ1) is 20.7. The van der Waals surface area contributed by atoms with Crippen LogP contribution in [0.1, 0.15) is 87.4 Å². The summed E-state index contributed by atoms with van der Waals surface area (Å²) in [6.45, 7) is 2.24. The van der Waals surface area contributed by atoms with E-state index < -0.39 is 0 Å². The average molecular weight is 433 g/mol. The third kappa shape index (κ3) is 3.87. The van der Waals surface area contributed by atoms with E-state index in [1.165, 1.54) is 73.7 Å². The first-order valence-corrected chi connectivity index (χ1v) is 13.0. The second-order valence-electron chi connectivity index (χ2n) is 11.4. The fourth-order valence-corrected chi connectivity index (χ4v) is 7.92. The van der Waals surface area contributed by atoms with Crippen molar-refractivity contribution in [3.63, 3.8) is 0 Å². The molecule has 3 heteroatoms. The fourth-order valence-electron chi connectivity index (χ4n) is 7.92. The summed E-state index contributed by atoms with van der Waals surface area (Å²) in [6.07, 6.45) is 13.0. The van der Waals surface area contributed by atoms with Gasteiger partial charge >= 0.3 is 0 Å². The Balaban J connectivity index is 1.22. The van der Waals surface area contributed by atoms with Gasteiger partial charge in [0.15, 0.2) is 0 Å². The molecule has 1 aliphatic heterocycles. The molecule has 4 fully saturated rings. The van der Waals surface area contributed by atoms with Gasteiger partial charge in [0.2, 0.25) is 0 Å². The molecule has 32 heavy (non-hydrogen) atoms. The molecule has 170 valence electrons. The summed E-state index contributed by atoms with van der Waals surface area (Å²) in [7, 11) is 0. The first-order chi connectivity index (χ1) is 15.6. The molecule has 2 aromatic rings. The summed E-state index contributed by atoms with van der Waals surface area (Å²) in [5, 5.41) is 7.89. The van der Waals surface area contributed by atoms with Gasteiger partial charge < -0.3 is 10.6 Å². The van der Waals surface area contributed by atoms with Crippen LogP contribution in [0.15, 0.2) is 42.5 Å². The highest BCUT2D eigenvalue weighted by atomic mass is 19.1. The number of hydrogen-bond acceptors (Lipinski definition) is 2. The number of hydrogen-bond donors (Lipinski definition) is 2. The lowest BCUT2D eigenvalue weighted by molar-refractivity contribution is 0.0107. The van der Waals surface area contributed by atoms with Crippen molar-refractivity contribution in [1.29, 1.82) is 0 Å². The maximum Gasteiger partial charge on any atom is 0.123 e. The van der Waals surface area contributed by atoms with E-state index in [1.54, 1.807) is 12.1 Å². The molecular formula is C29H37FN2. The summed E-state index contributed by atoms with van der Waals surface area (Å²) in [5.74, 6) is 2.75. The van der Waals surface area contributed by atoms with E-state index in [0.717, 1.165) is 30.6 Å². The monoisotopic (exact) mass is 432 g/mol. The second kappa shape index (κ2) is 8.17. The number of rotatable bonds is 6. The molecule has 2 aromatic carbocycles. The standard InChI is InChI=1S/C29H37FN2/c1-2-3-4-26-15-23-14-24(30)7-10-27(23)28(31-26)22-5-8-25(9-6-22)32-29-16-19-11-20(17-29)13-21(12-19)18-29/h5-10,14,19-21,26,28,31-32H,2-4,11-13,15-18H2,1H3/t19?,20?,21?,26-,28-,29?/m0/s1. The molecule has 4 aliphatic carbocycles. The maximum atomic E-state index is 14.0. The molecular weight excluding hydrogens is 395 g/mol. The van der Waals surface area contributed by atoms with E-state index in [2.05, 4.69) is 41.8 Å². The zero-order valence-corrected chi connectivity index (χ0v) is 19.4. The molecule has 0 unspecified atom stereocenters. The summed E-state index contributed by atoms with van der Waals surface area (Å²) in [6, 6.07) is 15.1. The van der Waals surface area contributed by atoms with Crippen molar-refractivity contribution >= 4 is 5.69 Å². The Hall–Kier alpha value is -1.87. The van der Waals surface area contributed by atoms with E-state index in [9.17, 15) is 4.39 Å². The minimum absolute atomic E-state index is 0.117. The van der Waals surface area contributed by atoms with Crippen LogP contribution in [-0.2, 0) is 6.42 Å². The zero-order chi connectivity index (χ0) is 21.7. The maximum absolute atomic E-state index is 14.0. The minimum atomic E-state index is -0.117. The van der Waals surface area contributed by atoms with Crippen molar-refractivity contribution in [3.8, 4) is 0 Å². The molecule has 4 bridgehead atoms. The Labute approximate surface area is 192 Å². The van der Waals surface area contributed by atoms with Gasteiger partial charge in [-0.15, -0.1) is 0 Å². The highest BCUT2D eigenvalue weighted by molar-refractivity contribution is 5.50. The van der Waals surface area contributed by atoms with Crippen LogP contribution in [0.5, 0.6) is 0 Å². The Morgan fingerprint density at radius 2 is 1.66 bits per heavy atom. The molecule has 0 aromatic heterocycles. The second-order valence-corrected chi connectivity index (χ2v) is 11.4. The van der Waals surface area contributed by atoms with Gasteiger partial charge in [-0.2, -0.15) is 0 Å². The number of benzene rings is 2. The van der Waals surface area contributed by atoms with Gasteiger partial charge in [0.05, 0.1) is 6.04 Å². The van der Waals surface area contributed by atoms with E-state index in [1.807, 2.05) is 6.07 Å². The lowest BCUT2D eigenvalue weighted by Gasteiger charge is -2.57. The van der Waals surface area contributed by atoms with Crippen LogP contribution in [0.25, 0.3) is 0 Å². The van der Waals surface area contributed by atoms with Gasteiger partial charge in [0, 0.05) is 17.3 Å². The van der Waals surface area contributed by atoms with Crippen LogP contribution in [0, 0.1) is 23.6 Å². The van der Waals surface area contributed by atoms with Gasteiger partial charge in [0.1, 0.15) is 5.82 Å². The molecule has 2 atom stereocenters. The van der Waals surface area contributed by atoms with Crippen molar-refractivity contribution in [1.82, 2.24) is 5.32 Å². The number of fused-ring (bicyclic) bond motifs is 1. The van der Waals surface area contributed by atoms with E-state index in [0.29, 0.717) is 11.6 Å². The molecule has 0 spiro atoms. The third-order valence-electron chi connectivity index (χ3n) is 8.88. The van der Waals surface area contributed by atoms with Gasteiger partial charge in [-0.1, -0.05) is 38.0 Å². The molecule has 7 rings (SSSR count). The topological polar surface area (TPSA) is 24.1 Å². The summed E-state index contributed by atoms with van der Waals surface area (Å²) in [4.78, 5) is 0. The van der Waals surface area contributed by atoms with Crippen molar-refractivity contribution in [2.24, 2.45) is 17.8 Å². The molecule has 2 N–H and O–H groups in total. The van der Waals surface area contributed by atoms with E-state index in [-0.39, 0.29) is 11.9 Å². The number of nitrogens with one attached hydrogen (secondary N) is 2. The van der Waals surface area contributed by atoms with E-state index in [4.69, 9.17) is 0 Å². The van der Waals surface area contributed by atoms with Gasteiger partial charge in [0.25, 0.3) is 0 Å². The lowest BCUT2D eigenvalue weighted by atomic mass is 9.53. The predicted octanol–water partition coefficient (Wildman–Crippen LogP) is 7.00. The van der Waals surface area contributed by atoms with Gasteiger partial charge in [-0.05, 0) is 110 Å². The molecule has 4 saturated carbocycles. The molecule has 5 aliphatic rings. The minimum Gasteiger partial charge on any atom is -0.380 e. The Morgan fingerprint density at radius 1 is 0.969 bits per heavy atom. The van der Waals surface area contributed by atoms with Crippen molar-refractivity contribution < 1.29 is 4.39 Å². The van der Waals surface area contributed by atoms with Crippen LogP contribution < -0.4 is 10.6 Å². The normalized spacial score (nSPS) is 35.0. The van der Waals surface area contributed by atoms with Crippen LogP contribution in [0.2, 0.25) is 0 Å². The third-order valence-corrected chi connectivity index (χ3v) is 8.88. The Kier molecular flexibility index (Phi) is 5.29. The lowest BCUT2D eigenvalue weighted by Crippen LogP contribution is -2.54. The van der Waals surface area contributed by atoms with Crippen molar-refractivity contribution in [3.05, 3.63) is 65.0 Å². The number of anilines is 1. The summed E-state index contributed by atoms with van der Waals surface area (Å²) in [5.41, 5.74) is 5.31. The largest absolute Gasteiger partial charge is 0.380 e. The van der Waals surface area contributed by atoms with Crippen molar-refractivity contribution in [2.45, 2.75) is 88.8 Å². The van der Waals surface area contributed by atoms with Crippen LogP contribution >= 0.6 is 0 Å². The molecule has 0 saturated heterocycles. The molecule has 0 amide bonds. The van der Waals surface area contributed by atoms with Crippen LogP contribution in [-0.4, -0.2) is 11.6 Å².